The molecule has 4 unspecified atom stereocenters. The second-order valence-corrected chi connectivity index (χ2v) is 8.49. The average molecular weight is 377 g/mol. The van der Waals surface area contributed by atoms with Crippen LogP contribution in [0, 0.1) is 23.7 Å². The van der Waals surface area contributed by atoms with Crippen molar-refractivity contribution in [2.45, 2.75) is 32.2 Å². The second kappa shape index (κ2) is 9.38. The van der Waals surface area contributed by atoms with Crippen LogP contribution < -0.4 is 5.32 Å². The Morgan fingerprint density at radius 1 is 1.14 bits per heavy atom. The number of nitrogens with one attached hydrogen (secondary N) is 1. The molecule has 2 aliphatic heterocycles. The van der Waals surface area contributed by atoms with Gasteiger partial charge in [0.1, 0.15) is 6.29 Å². The molecular weight excluding hydrogens is 344 g/mol. The molecule has 1 saturated heterocycles. The molecule has 0 amide bonds. The molecule has 148 valence electrons. The van der Waals surface area contributed by atoms with Gasteiger partial charge < -0.3 is 10.1 Å². The Hall–Kier alpha value is -2.13. The van der Waals surface area contributed by atoms with Crippen LogP contribution in [0.4, 0.5) is 0 Å². The molecule has 1 aliphatic carbocycles. The molecular formula is C25H32N2O. The molecule has 3 nitrogen and oxygen atoms in total. The summed E-state index contributed by atoms with van der Waals surface area (Å²) in [4.78, 5) is 13.6. The first-order valence-corrected chi connectivity index (χ1v) is 10.8. The van der Waals surface area contributed by atoms with Crippen molar-refractivity contribution in [1.82, 2.24) is 10.2 Å². The van der Waals surface area contributed by atoms with Crippen molar-refractivity contribution in [1.29, 1.82) is 0 Å². The van der Waals surface area contributed by atoms with E-state index in [2.05, 4.69) is 71.1 Å². The third kappa shape index (κ3) is 4.64. The number of likely N-dealkylation sites (tertiary alicyclic amines) is 1. The Balaban J connectivity index is 1.51. The highest BCUT2D eigenvalue weighted by atomic mass is 16.1. The summed E-state index contributed by atoms with van der Waals surface area (Å²) >= 11 is 0. The zero-order chi connectivity index (χ0) is 19.2. The lowest BCUT2D eigenvalue weighted by atomic mass is 9.73. The highest BCUT2D eigenvalue weighted by molar-refractivity contribution is 5.49. The number of piperidine rings is 1. The lowest BCUT2D eigenvalue weighted by Gasteiger charge is -2.40. The van der Waals surface area contributed by atoms with E-state index in [9.17, 15) is 4.79 Å². The number of rotatable bonds is 6. The molecule has 4 rings (SSSR count). The average Bonchev–Trinajstić information content (AvgIpc) is 2.98. The maximum absolute atomic E-state index is 11.0. The molecule has 0 aromatic heterocycles. The minimum absolute atomic E-state index is 0.506. The Kier molecular flexibility index (Phi) is 6.43. The van der Waals surface area contributed by atoms with E-state index in [1.54, 1.807) is 0 Å². The summed E-state index contributed by atoms with van der Waals surface area (Å²) in [5.41, 5.74) is 2.88. The molecule has 0 bridgehead atoms. The standard InChI is InChI=1S/C25H32N2O/c28-16-4-7-22-12-15-27(18-20-5-2-1-3-6-20)19-25(22)24-9-8-21-10-13-26-14-11-23(21)17-24/h1-3,5-6,8-9,11,14,16-17,21-23,25-26H,4,7,10,12-13,15,18-19H2. The second-order valence-electron chi connectivity index (χ2n) is 8.49. The SMILES string of the molecule is O=CCCC1CCN(Cc2ccccc2)CC1C1=CC2C=CNCCC2C=C1. The molecule has 4 atom stereocenters. The highest BCUT2D eigenvalue weighted by Crippen LogP contribution is 2.38. The predicted molar refractivity (Wildman–Crippen MR) is 115 cm³/mol. The van der Waals surface area contributed by atoms with Gasteiger partial charge in [0.25, 0.3) is 0 Å². The highest BCUT2D eigenvalue weighted by Gasteiger charge is 2.32. The number of allylic oxidation sites excluding steroid dienone is 4. The number of aldehydes is 1. The van der Waals surface area contributed by atoms with Crippen molar-refractivity contribution in [3.05, 3.63) is 72.0 Å². The van der Waals surface area contributed by atoms with E-state index in [1.165, 1.54) is 24.0 Å². The Morgan fingerprint density at radius 2 is 2.04 bits per heavy atom. The van der Waals surface area contributed by atoms with Crippen LogP contribution in [0.15, 0.2) is 66.4 Å². The third-order valence-corrected chi connectivity index (χ3v) is 6.65. The van der Waals surface area contributed by atoms with Gasteiger partial charge in [-0.25, -0.2) is 0 Å². The number of carbonyl (C=O) groups excluding carboxylic acids is 1. The number of hydrogen-bond donors (Lipinski definition) is 1. The molecule has 1 N–H and O–H groups in total. The van der Waals surface area contributed by atoms with Gasteiger partial charge in [-0.15, -0.1) is 0 Å². The summed E-state index contributed by atoms with van der Waals surface area (Å²) in [7, 11) is 0. The number of carbonyl (C=O) groups is 1. The van der Waals surface area contributed by atoms with Crippen molar-refractivity contribution in [3.63, 3.8) is 0 Å². The minimum Gasteiger partial charge on any atom is -0.391 e. The molecule has 3 heteroatoms. The van der Waals surface area contributed by atoms with Gasteiger partial charge in [-0.05, 0) is 60.9 Å². The molecule has 1 fully saturated rings. The fourth-order valence-electron chi connectivity index (χ4n) is 5.07. The van der Waals surface area contributed by atoms with Crippen LogP contribution in [0.3, 0.4) is 0 Å². The van der Waals surface area contributed by atoms with Gasteiger partial charge in [-0.1, -0.05) is 54.6 Å². The normalized spacial score (nSPS) is 30.1. The summed E-state index contributed by atoms with van der Waals surface area (Å²) in [6.45, 7) is 4.29. The summed E-state index contributed by atoms with van der Waals surface area (Å²) < 4.78 is 0. The van der Waals surface area contributed by atoms with E-state index in [0.717, 1.165) is 38.9 Å². The summed E-state index contributed by atoms with van der Waals surface area (Å²) in [6.07, 6.45) is 17.0. The largest absolute Gasteiger partial charge is 0.391 e. The number of fused-ring (bicyclic) bond motifs is 1. The lowest BCUT2D eigenvalue weighted by Crippen LogP contribution is -2.41. The van der Waals surface area contributed by atoms with Crippen molar-refractivity contribution in [2.75, 3.05) is 19.6 Å². The topological polar surface area (TPSA) is 32.3 Å². The first-order valence-electron chi connectivity index (χ1n) is 10.8. The third-order valence-electron chi connectivity index (χ3n) is 6.65. The van der Waals surface area contributed by atoms with E-state index in [1.807, 2.05) is 0 Å². The Morgan fingerprint density at radius 3 is 2.89 bits per heavy atom. The first kappa shape index (κ1) is 19.2. The van der Waals surface area contributed by atoms with Gasteiger partial charge in [0.15, 0.2) is 0 Å². The molecule has 28 heavy (non-hydrogen) atoms. The smallest absolute Gasteiger partial charge is 0.120 e. The fourth-order valence-corrected chi connectivity index (χ4v) is 5.07. The van der Waals surface area contributed by atoms with Crippen molar-refractivity contribution in [3.8, 4) is 0 Å². The molecule has 0 saturated carbocycles. The zero-order valence-corrected chi connectivity index (χ0v) is 16.7. The van der Waals surface area contributed by atoms with Gasteiger partial charge in [0, 0.05) is 32.0 Å². The van der Waals surface area contributed by atoms with E-state index in [0.29, 0.717) is 30.1 Å². The number of benzene rings is 1. The van der Waals surface area contributed by atoms with Gasteiger partial charge in [0.05, 0.1) is 0 Å². The summed E-state index contributed by atoms with van der Waals surface area (Å²) in [5, 5.41) is 3.38. The quantitative estimate of drug-likeness (QED) is 0.750. The zero-order valence-electron chi connectivity index (χ0n) is 16.7. The van der Waals surface area contributed by atoms with E-state index >= 15 is 0 Å². The maximum atomic E-state index is 11.0. The van der Waals surface area contributed by atoms with Crippen LogP contribution in [0.25, 0.3) is 0 Å². The van der Waals surface area contributed by atoms with Crippen LogP contribution >= 0.6 is 0 Å². The molecule has 0 radical (unpaired) electrons. The van der Waals surface area contributed by atoms with Crippen LogP contribution in [0.5, 0.6) is 0 Å². The fraction of sp³-hybridized carbons (Fsp3) is 0.480. The van der Waals surface area contributed by atoms with Gasteiger partial charge in [-0.3, -0.25) is 4.90 Å². The van der Waals surface area contributed by atoms with Crippen LogP contribution in [-0.2, 0) is 11.3 Å². The van der Waals surface area contributed by atoms with Crippen LogP contribution in [0.2, 0.25) is 0 Å². The van der Waals surface area contributed by atoms with E-state index < -0.39 is 0 Å². The number of nitrogens with zero attached hydrogens (tertiary/aromatic N) is 1. The molecule has 2 heterocycles. The van der Waals surface area contributed by atoms with Crippen LogP contribution in [0.1, 0.15) is 31.2 Å². The maximum Gasteiger partial charge on any atom is 0.120 e. The van der Waals surface area contributed by atoms with Gasteiger partial charge in [0.2, 0.25) is 0 Å². The molecule has 1 aromatic carbocycles. The Labute approximate surface area is 169 Å². The molecule has 1 aromatic rings. The van der Waals surface area contributed by atoms with Crippen LogP contribution in [-0.4, -0.2) is 30.8 Å². The van der Waals surface area contributed by atoms with E-state index in [-0.39, 0.29) is 0 Å². The molecule has 0 spiro atoms. The monoisotopic (exact) mass is 376 g/mol. The first-order chi connectivity index (χ1) is 13.8. The summed E-state index contributed by atoms with van der Waals surface area (Å²) in [5.74, 6) is 2.26. The van der Waals surface area contributed by atoms with E-state index in [4.69, 9.17) is 0 Å². The van der Waals surface area contributed by atoms with Gasteiger partial charge in [-0.2, -0.15) is 0 Å². The lowest BCUT2D eigenvalue weighted by molar-refractivity contribution is -0.108. The van der Waals surface area contributed by atoms with Crippen molar-refractivity contribution in [2.24, 2.45) is 23.7 Å². The molecule has 3 aliphatic rings. The predicted octanol–water partition coefficient (Wildman–Crippen LogP) is 4.34. The van der Waals surface area contributed by atoms with Crippen molar-refractivity contribution >= 4 is 6.29 Å². The van der Waals surface area contributed by atoms with Crippen molar-refractivity contribution < 1.29 is 4.79 Å². The Bertz CT molecular complexity index is 736. The summed E-state index contributed by atoms with van der Waals surface area (Å²) in [6, 6.07) is 10.8. The minimum atomic E-state index is 0.506. The van der Waals surface area contributed by atoms with Gasteiger partial charge >= 0.3 is 0 Å². The number of hydrogen-bond acceptors (Lipinski definition) is 3.